The smallest absolute Gasteiger partial charge is 0.408 e. The van der Waals surface area contributed by atoms with Crippen LogP contribution in [0.25, 0.3) is 22.3 Å². The van der Waals surface area contributed by atoms with Crippen molar-refractivity contribution in [3.05, 3.63) is 190 Å². The van der Waals surface area contributed by atoms with Crippen LogP contribution in [-0.4, -0.2) is 132 Å². The number of hydrogen-bond donors (Lipinski definition) is 7. The molecule has 2 heterocycles. The largest absolute Gasteiger partial charge is 0.449 e. The van der Waals surface area contributed by atoms with Gasteiger partial charge in [-0.15, -0.1) is 0 Å². The maximum atomic E-state index is 14.4. The number of benzene rings is 6. The van der Waals surface area contributed by atoms with Crippen LogP contribution in [0.4, 0.5) is 14.4 Å². The van der Waals surface area contributed by atoms with Crippen molar-refractivity contribution in [3.63, 3.8) is 0 Å². The Morgan fingerprint density at radius 1 is 0.474 bits per heavy atom. The van der Waals surface area contributed by atoms with Crippen molar-refractivity contribution in [1.82, 2.24) is 36.4 Å². The average Bonchev–Trinajstić information content (AvgIpc) is 1.62. The van der Waals surface area contributed by atoms with Gasteiger partial charge in [0.25, 0.3) is 0 Å². The summed E-state index contributed by atoms with van der Waals surface area (Å²) in [5.74, 6) is -1.40. The Morgan fingerprint density at radius 3 is 1.19 bits per heavy atom. The third-order valence-electron chi connectivity index (χ3n) is 19.4. The van der Waals surface area contributed by atoms with Gasteiger partial charge in [0.1, 0.15) is 36.9 Å². The van der Waals surface area contributed by atoms with E-state index in [1.54, 1.807) is 25.7 Å². The van der Waals surface area contributed by atoms with E-state index in [1.807, 2.05) is 120 Å². The summed E-state index contributed by atoms with van der Waals surface area (Å²) in [6.07, 6.45) is 4.07. The number of aliphatic hydroxyl groups excluding tert-OH is 1. The number of nitrogens with one attached hydrogen (secondary N) is 5. The summed E-state index contributed by atoms with van der Waals surface area (Å²) >= 11 is 0. The number of nitrogens with zero attached hydrogens (tertiary/aromatic N) is 2. The third kappa shape index (κ3) is 16.3. The molecule has 2 aliphatic heterocycles. The second-order valence-corrected chi connectivity index (χ2v) is 29.4. The van der Waals surface area contributed by atoms with Crippen molar-refractivity contribution in [2.24, 2.45) is 16.6 Å². The molecule has 6 aliphatic rings. The van der Waals surface area contributed by atoms with Crippen molar-refractivity contribution >= 4 is 41.9 Å². The standard InChI is InChI=1S/C41H50N4O6.C36H42N4O4.CH4O/c1-40(2,3)35(44-39(49)51-41(4,5)6)37(47)45-23-26(22-34(45)36(46)43-33-21-13-15-25-14-7-8-16-27(25)33)42-38(48)50-24-32-30-19-11-9-17-28(30)29-18-10-12-20-31(29)32;1-36(2,3)32(37)34(42)40-20-23(19-31(40)33(41)39-30-18-10-12-22-11-4-5-13-24(22)30)38-35(43)44-21-29-27-16-8-6-14-25(27)26-15-7-9-17-28(26)29;1-2/h7-12,14,16-20,26,32-35H,13,15,21-24H2,1-6H3,(H,42,48)(H,43,46)(H,44,49);4-9,11,13-17,23,29-32H,10,12,18-21,37H2,1-3H3,(H,38,43)(H,39,41);2H,1H3/t26-,33+,34-,35+;23-,30+,31-,32+;/m00./s1. The van der Waals surface area contributed by atoms with E-state index in [0.29, 0.717) is 0 Å². The van der Waals surface area contributed by atoms with Crippen LogP contribution in [0.2, 0.25) is 0 Å². The van der Waals surface area contributed by atoms with Gasteiger partial charge in [-0.1, -0.05) is 187 Å². The van der Waals surface area contributed by atoms with Crippen LogP contribution in [0, 0.1) is 10.8 Å². The maximum Gasteiger partial charge on any atom is 0.408 e. The highest BCUT2D eigenvalue weighted by atomic mass is 16.6. The van der Waals surface area contributed by atoms with Crippen LogP contribution >= 0.6 is 0 Å². The fourth-order valence-electron chi connectivity index (χ4n) is 14.6. The van der Waals surface area contributed by atoms with Crippen molar-refractivity contribution in [1.29, 1.82) is 0 Å². The first-order chi connectivity index (χ1) is 46.3. The molecule has 0 saturated carbocycles. The summed E-state index contributed by atoms with van der Waals surface area (Å²) in [6.45, 7) is 17.1. The Kier molecular flexibility index (Phi) is 22.0. The zero-order valence-electron chi connectivity index (χ0n) is 57.6. The van der Waals surface area contributed by atoms with Gasteiger partial charge >= 0.3 is 18.3 Å². The number of hydrogen-bond acceptors (Lipinski definition) is 12. The van der Waals surface area contributed by atoms with Crippen LogP contribution in [-0.2, 0) is 46.2 Å². The lowest BCUT2D eigenvalue weighted by Crippen LogP contribution is -2.58. The number of alkyl carbamates (subject to hydrolysis) is 3. The first-order valence-electron chi connectivity index (χ1n) is 34.1. The van der Waals surface area contributed by atoms with Crippen LogP contribution in [0.3, 0.4) is 0 Å². The quantitative estimate of drug-likeness (QED) is 0.0533. The molecule has 19 nitrogen and oxygen atoms in total. The minimum Gasteiger partial charge on any atom is -0.449 e. The van der Waals surface area contributed by atoms with Gasteiger partial charge in [-0.05, 0) is 150 Å². The monoisotopic (exact) mass is 1320 g/mol. The van der Waals surface area contributed by atoms with Gasteiger partial charge < -0.3 is 61.4 Å². The van der Waals surface area contributed by atoms with Crippen LogP contribution in [0.5, 0.6) is 0 Å². The highest BCUT2D eigenvalue weighted by Gasteiger charge is 2.48. The summed E-state index contributed by atoms with van der Waals surface area (Å²) < 4.78 is 17.1. The number of aliphatic hydroxyl groups is 1. The van der Waals surface area contributed by atoms with Crippen molar-refractivity contribution in [2.45, 2.75) is 179 Å². The number of fused-ring (bicyclic) bond motifs is 8. The fourth-order valence-corrected chi connectivity index (χ4v) is 14.6. The molecule has 97 heavy (non-hydrogen) atoms. The van der Waals surface area contributed by atoms with E-state index in [-0.39, 0.29) is 80.8 Å². The molecule has 6 aromatic carbocycles. The molecule has 2 saturated heterocycles. The van der Waals surface area contributed by atoms with E-state index < -0.39 is 76.9 Å². The molecule has 0 radical (unpaired) electrons. The second kappa shape index (κ2) is 30.1. The molecule has 2 fully saturated rings. The molecule has 8 N–H and O–H groups in total. The third-order valence-corrected chi connectivity index (χ3v) is 19.4. The number of rotatable bonds is 13. The van der Waals surface area contributed by atoms with Gasteiger partial charge in [0.05, 0.1) is 30.2 Å². The molecule has 0 bridgehead atoms. The van der Waals surface area contributed by atoms with E-state index in [9.17, 15) is 33.6 Å². The second-order valence-electron chi connectivity index (χ2n) is 29.4. The average molecular weight is 1320 g/mol. The molecule has 0 aromatic heterocycles. The van der Waals surface area contributed by atoms with Gasteiger partial charge in [-0.2, -0.15) is 0 Å². The number of aryl methyl sites for hydroxylation is 2. The molecule has 12 rings (SSSR count). The van der Waals surface area contributed by atoms with Crippen LogP contribution < -0.4 is 32.3 Å². The van der Waals surface area contributed by atoms with Crippen molar-refractivity contribution in [3.8, 4) is 22.3 Å². The SMILES string of the molecule is CC(C)(C)OC(=O)N[C@H](C(=O)N1C[C@@H](NC(=O)OCC2c3ccccc3-c3ccccc32)C[C@H]1C(=O)N[C@@H]1CCCc2ccccc21)C(C)(C)C.CC(C)(C)[C@H](N)C(=O)N1C[C@@H](NC(=O)OCC2c3ccccc3-c3ccccc32)C[C@H]1C(=O)N[C@@H]1CCCc2ccccc21.CO. The predicted molar refractivity (Wildman–Crippen MR) is 373 cm³/mol. The molecule has 8 atom stereocenters. The van der Waals surface area contributed by atoms with Gasteiger partial charge in [-0.3, -0.25) is 19.2 Å². The highest BCUT2D eigenvalue weighted by Crippen LogP contribution is 2.46. The zero-order valence-corrected chi connectivity index (χ0v) is 57.6. The molecule has 6 aromatic rings. The summed E-state index contributed by atoms with van der Waals surface area (Å²) in [5, 5.41) is 22.1. The van der Waals surface area contributed by atoms with Crippen LogP contribution in [0.15, 0.2) is 146 Å². The molecule has 19 heteroatoms. The molecule has 4 aliphatic carbocycles. The summed E-state index contributed by atoms with van der Waals surface area (Å²) in [5.41, 5.74) is 18.2. The Hall–Kier alpha value is -9.07. The van der Waals surface area contributed by atoms with Gasteiger partial charge in [0.2, 0.25) is 23.6 Å². The minimum atomic E-state index is -0.994. The van der Waals surface area contributed by atoms with E-state index in [0.717, 1.165) is 101 Å². The molecular formula is C78H96N8O11. The van der Waals surface area contributed by atoms with Crippen molar-refractivity contribution in [2.75, 3.05) is 33.4 Å². The number of likely N-dealkylation sites (tertiary alicyclic amines) is 2. The first kappa shape index (κ1) is 70.7. The Bertz CT molecular complexity index is 3760. The Balaban J connectivity index is 0.000000207. The van der Waals surface area contributed by atoms with Gasteiger partial charge in [-0.25, -0.2) is 14.4 Å². The van der Waals surface area contributed by atoms with E-state index in [2.05, 4.69) is 93.3 Å². The van der Waals surface area contributed by atoms with E-state index in [4.69, 9.17) is 25.1 Å². The summed E-state index contributed by atoms with van der Waals surface area (Å²) in [7, 11) is 1.00. The minimum absolute atomic E-state index is 0.0588. The van der Waals surface area contributed by atoms with Gasteiger partial charge in [0.15, 0.2) is 0 Å². The number of amides is 7. The highest BCUT2D eigenvalue weighted by molar-refractivity contribution is 5.94. The molecule has 514 valence electrons. The topological polar surface area (TPSA) is 260 Å². The van der Waals surface area contributed by atoms with E-state index >= 15 is 0 Å². The fraction of sp³-hybridized carbons (Fsp3) is 0.449. The zero-order chi connectivity index (χ0) is 69.5. The Morgan fingerprint density at radius 2 is 0.825 bits per heavy atom. The molecule has 7 amide bonds. The number of carbonyl (C=O) groups excluding carboxylic acids is 7. The molecule has 0 spiro atoms. The van der Waals surface area contributed by atoms with Gasteiger partial charge in [0, 0.05) is 32.0 Å². The van der Waals surface area contributed by atoms with E-state index in [1.165, 1.54) is 16.0 Å². The lowest BCUT2D eigenvalue weighted by Gasteiger charge is -2.36. The lowest BCUT2D eigenvalue weighted by atomic mass is 9.85. The van der Waals surface area contributed by atoms with Crippen molar-refractivity contribution < 1.29 is 52.9 Å². The maximum absolute atomic E-state index is 14.4. The summed E-state index contributed by atoms with van der Waals surface area (Å²) in [6, 6.07) is 44.2. The molecular weight excluding hydrogens is 1220 g/mol. The normalized spacial score (nSPS) is 20.5. The number of nitrogens with two attached hydrogens (primary N) is 1. The first-order valence-corrected chi connectivity index (χ1v) is 34.1. The lowest BCUT2D eigenvalue weighted by molar-refractivity contribution is -0.142. The Labute approximate surface area is 570 Å². The number of ether oxygens (including phenoxy) is 3. The summed E-state index contributed by atoms with van der Waals surface area (Å²) in [4.78, 5) is 98.4. The van der Waals surface area contributed by atoms with Crippen LogP contribution in [0.1, 0.15) is 169 Å². The molecule has 0 unspecified atom stereocenters. The predicted octanol–water partition coefficient (Wildman–Crippen LogP) is 11.3. The number of carbonyl (C=O) groups is 7.